The molecule has 7 nitrogen and oxygen atoms in total. The molecule has 0 spiro atoms. The molecule has 0 unspecified atom stereocenters. The van der Waals surface area contributed by atoms with Crippen molar-refractivity contribution < 1.29 is 4.79 Å². The molecule has 0 bridgehead atoms. The van der Waals surface area contributed by atoms with Crippen LogP contribution in [0.5, 0.6) is 0 Å². The molecule has 3 aromatic rings. The van der Waals surface area contributed by atoms with Gasteiger partial charge >= 0.3 is 0 Å². The molecule has 24 heavy (non-hydrogen) atoms. The Morgan fingerprint density at radius 3 is 2.88 bits per heavy atom. The number of carbonyl (C=O) groups excluding carboxylic acids is 1. The van der Waals surface area contributed by atoms with Crippen LogP contribution in [0, 0.1) is 6.92 Å². The minimum atomic E-state index is -0.0818. The maximum atomic E-state index is 12.2. The molecule has 0 aliphatic heterocycles. The molecule has 9 heteroatoms. The number of hydrogen-bond acceptors (Lipinski definition) is 7. The van der Waals surface area contributed by atoms with Gasteiger partial charge in [-0.2, -0.15) is 0 Å². The molecule has 0 fully saturated rings. The minimum absolute atomic E-state index is 0.0818. The molecule has 1 aromatic carbocycles. The number of nitrogens with zero attached hydrogens (tertiary/aromatic N) is 5. The Labute approximate surface area is 147 Å². The molecule has 0 aliphatic rings. The topological polar surface area (TPSA) is 85.6 Å². The van der Waals surface area contributed by atoms with Crippen LogP contribution in [-0.4, -0.2) is 43.2 Å². The third-order valence-electron chi connectivity index (χ3n) is 3.16. The molecule has 0 atom stereocenters. The molecule has 0 saturated carbocycles. The number of carbonyl (C=O) groups is 1. The fourth-order valence-electron chi connectivity index (χ4n) is 2.01. The second-order valence-corrected chi connectivity index (χ2v) is 7.49. The number of hydrogen-bond donors (Lipinski definition) is 1. The molecule has 2 heterocycles. The van der Waals surface area contributed by atoms with Crippen molar-refractivity contribution in [3.8, 4) is 5.69 Å². The van der Waals surface area contributed by atoms with Gasteiger partial charge in [-0.05, 0) is 31.5 Å². The summed E-state index contributed by atoms with van der Waals surface area (Å²) in [6.07, 6.45) is 4.08. The number of aromatic nitrogens is 5. The van der Waals surface area contributed by atoms with E-state index < -0.39 is 0 Å². The van der Waals surface area contributed by atoms with Gasteiger partial charge in [0.1, 0.15) is 17.7 Å². The lowest BCUT2D eigenvalue weighted by molar-refractivity contribution is 0.0954. The molecule has 1 amide bonds. The second kappa shape index (κ2) is 8.02. The summed E-state index contributed by atoms with van der Waals surface area (Å²) in [5.74, 6) is 0.817. The van der Waals surface area contributed by atoms with Gasteiger partial charge in [-0.3, -0.25) is 9.36 Å². The Balaban J connectivity index is 1.46. The number of aryl methyl sites for hydroxylation is 1. The zero-order chi connectivity index (χ0) is 16.8. The summed E-state index contributed by atoms with van der Waals surface area (Å²) in [5, 5.41) is 19.5. The highest BCUT2D eigenvalue weighted by atomic mass is 32.2. The third kappa shape index (κ3) is 4.39. The van der Waals surface area contributed by atoms with E-state index in [1.807, 2.05) is 25.1 Å². The maximum Gasteiger partial charge on any atom is 0.251 e. The molecule has 0 aliphatic carbocycles. The van der Waals surface area contributed by atoms with Crippen molar-refractivity contribution in [2.24, 2.45) is 0 Å². The first-order chi connectivity index (χ1) is 11.7. The van der Waals surface area contributed by atoms with Gasteiger partial charge in [-0.15, -0.1) is 20.4 Å². The summed E-state index contributed by atoms with van der Waals surface area (Å²) in [6.45, 7) is 2.57. The van der Waals surface area contributed by atoms with Crippen LogP contribution in [0.2, 0.25) is 0 Å². The molecular weight excluding hydrogens is 344 g/mol. The highest BCUT2D eigenvalue weighted by Crippen LogP contribution is 2.22. The van der Waals surface area contributed by atoms with Crippen molar-refractivity contribution >= 4 is 29.0 Å². The predicted molar refractivity (Wildman–Crippen MR) is 93.7 cm³/mol. The summed E-state index contributed by atoms with van der Waals surface area (Å²) in [6, 6.07) is 7.36. The van der Waals surface area contributed by atoms with Gasteiger partial charge in [0.25, 0.3) is 5.91 Å². The summed E-state index contributed by atoms with van der Waals surface area (Å²) in [7, 11) is 0. The lowest BCUT2D eigenvalue weighted by Crippen LogP contribution is -2.24. The van der Waals surface area contributed by atoms with Crippen LogP contribution < -0.4 is 5.32 Å². The molecule has 2 aromatic heterocycles. The fourth-order valence-corrected chi connectivity index (χ4v) is 3.84. The first kappa shape index (κ1) is 16.6. The van der Waals surface area contributed by atoms with E-state index in [1.165, 1.54) is 0 Å². The van der Waals surface area contributed by atoms with Crippen molar-refractivity contribution in [3.63, 3.8) is 0 Å². The highest BCUT2D eigenvalue weighted by Gasteiger charge is 2.07. The van der Waals surface area contributed by atoms with Gasteiger partial charge in [0.05, 0.1) is 0 Å². The van der Waals surface area contributed by atoms with E-state index in [1.54, 1.807) is 46.4 Å². The molecule has 0 radical (unpaired) electrons. The molecule has 0 saturated heterocycles. The average Bonchev–Trinajstić information content (AvgIpc) is 3.26. The Hall–Kier alpha value is -2.26. The summed E-state index contributed by atoms with van der Waals surface area (Å²) in [5.41, 5.74) is 1.48. The van der Waals surface area contributed by atoms with E-state index in [-0.39, 0.29) is 5.91 Å². The Morgan fingerprint density at radius 1 is 1.29 bits per heavy atom. The van der Waals surface area contributed by atoms with E-state index in [4.69, 9.17) is 0 Å². The number of amides is 1. The first-order valence-electron chi connectivity index (χ1n) is 7.38. The summed E-state index contributed by atoms with van der Waals surface area (Å²) < 4.78 is 2.73. The Bertz CT molecular complexity index is 802. The van der Waals surface area contributed by atoms with Gasteiger partial charge in [-0.25, -0.2) is 0 Å². The monoisotopic (exact) mass is 360 g/mol. The van der Waals surface area contributed by atoms with E-state index in [2.05, 4.69) is 25.7 Å². The quantitative estimate of drug-likeness (QED) is 0.514. The zero-order valence-corrected chi connectivity index (χ0v) is 14.7. The van der Waals surface area contributed by atoms with Gasteiger partial charge in [0.2, 0.25) is 0 Å². The lowest BCUT2D eigenvalue weighted by atomic mass is 10.2. The lowest BCUT2D eigenvalue weighted by Gasteiger charge is -2.07. The van der Waals surface area contributed by atoms with E-state index in [0.29, 0.717) is 12.1 Å². The van der Waals surface area contributed by atoms with Crippen LogP contribution in [0.3, 0.4) is 0 Å². The predicted octanol–water partition coefficient (Wildman–Crippen LogP) is 2.34. The van der Waals surface area contributed by atoms with Crippen molar-refractivity contribution in [1.29, 1.82) is 0 Å². The highest BCUT2D eigenvalue weighted by molar-refractivity contribution is 8.01. The number of nitrogens with one attached hydrogen (secondary N) is 1. The van der Waals surface area contributed by atoms with Gasteiger partial charge in [0.15, 0.2) is 4.34 Å². The van der Waals surface area contributed by atoms with Crippen LogP contribution in [0.25, 0.3) is 5.69 Å². The van der Waals surface area contributed by atoms with Gasteiger partial charge < -0.3 is 5.32 Å². The molecule has 124 valence electrons. The minimum Gasteiger partial charge on any atom is -0.352 e. The standard InChI is InChI=1S/C15H16N6OS2/c1-11-19-20-15(24-11)23-7-3-6-16-14(22)12-4-2-5-13(8-12)21-9-17-18-10-21/h2,4-5,8-10H,3,6-7H2,1H3,(H,16,22). The van der Waals surface area contributed by atoms with Crippen LogP contribution in [0.1, 0.15) is 21.8 Å². The molecule has 3 rings (SSSR count). The third-order valence-corrected chi connectivity index (χ3v) is 5.22. The number of benzene rings is 1. The SMILES string of the molecule is Cc1nnc(SCCCNC(=O)c2cccc(-n3cnnc3)c2)s1. The van der Waals surface area contributed by atoms with E-state index in [9.17, 15) is 4.79 Å². The first-order valence-corrected chi connectivity index (χ1v) is 9.19. The Morgan fingerprint density at radius 2 is 2.12 bits per heavy atom. The van der Waals surface area contributed by atoms with Crippen LogP contribution >= 0.6 is 23.1 Å². The second-order valence-electron chi connectivity index (χ2n) is 4.96. The Kier molecular flexibility index (Phi) is 5.55. The van der Waals surface area contributed by atoms with E-state index in [0.717, 1.165) is 27.2 Å². The maximum absolute atomic E-state index is 12.2. The summed E-state index contributed by atoms with van der Waals surface area (Å²) in [4.78, 5) is 12.2. The van der Waals surface area contributed by atoms with E-state index >= 15 is 0 Å². The summed E-state index contributed by atoms with van der Waals surface area (Å²) >= 11 is 3.26. The normalized spacial score (nSPS) is 10.7. The van der Waals surface area contributed by atoms with Crippen LogP contribution in [0.15, 0.2) is 41.3 Å². The van der Waals surface area contributed by atoms with Crippen molar-refractivity contribution in [3.05, 3.63) is 47.5 Å². The van der Waals surface area contributed by atoms with Gasteiger partial charge in [0, 0.05) is 23.5 Å². The van der Waals surface area contributed by atoms with Crippen LogP contribution in [0.4, 0.5) is 0 Å². The number of rotatable bonds is 7. The molecule has 1 N–H and O–H groups in total. The molecular formula is C15H16N6OS2. The largest absolute Gasteiger partial charge is 0.352 e. The average molecular weight is 360 g/mol. The van der Waals surface area contributed by atoms with Crippen molar-refractivity contribution in [2.45, 2.75) is 17.7 Å². The number of thioether (sulfide) groups is 1. The van der Waals surface area contributed by atoms with Crippen molar-refractivity contribution in [1.82, 2.24) is 30.3 Å². The van der Waals surface area contributed by atoms with Crippen molar-refractivity contribution in [2.75, 3.05) is 12.3 Å². The van der Waals surface area contributed by atoms with Crippen LogP contribution in [-0.2, 0) is 0 Å². The fraction of sp³-hybridized carbons (Fsp3) is 0.267. The zero-order valence-electron chi connectivity index (χ0n) is 13.0. The smallest absolute Gasteiger partial charge is 0.251 e. The van der Waals surface area contributed by atoms with Gasteiger partial charge in [-0.1, -0.05) is 29.2 Å².